The highest BCUT2D eigenvalue weighted by Gasteiger charge is 2.30. The smallest absolute Gasteiger partial charge is 0.180 e. The maximum atomic E-state index is 12.7. The Kier molecular flexibility index (Phi) is 5.28. The van der Waals surface area contributed by atoms with Gasteiger partial charge in [0.05, 0.1) is 18.9 Å². The van der Waals surface area contributed by atoms with Crippen LogP contribution in [0.15, 0.2) is 65.9 Å². The molecule has 2 aromatic rings. The Hall–Kier alpha value is -3.19. The van der Waals surface area contributed by atoms with Gasteiger partial charge in [-0.25, -0.2) is 0 Å². The number of ether oxygens (including phenoxy) is 1. The maximum absolute atomic E-state index is 12.7. The lowest BCUT2D eigenvalue weighted by Gasteiger charge is -2.21. The van der Waals surface area contributed by atoms with E-state index >= 15 is 0 Å². The highest BCUT2D eigenvalue weighted by molar-refractivity contribution is 6.09. The number of Topliss-reactive ketones (excluding diaryl/α,β-unsaturated/α-hetero) is 1. The van der Waals surface area contributed by atoms with Crippen LogP contribution in [-0.4, -0.2) is 17.9 Å². The fraction of sp³-hybridized carbons (Fsp3) is 0.227. The molecule has 0 spiro atoms. The molecule has 0 aliphatic heterocycles. The molecule has 1 aromatic carbocycles. The summed E-state index contributed by atoms with van der Waals surface area (Å²) in [7, 11) is 1.65. The molecule has 1 atom stereocenters. The van der Waals surface area contributed by atoms with Gasteiger partial charge in [0, 0.05) is 11.8 Å². The number of allylic oxidation sites excluding steroid dienone is 4. The first-order valence-corrected chi connectivity index (χ1v) is 8.53. The molecule has 130 valence electrons. The minimum Gasteiger partial charge on any atom is -0.497 e. The van der Waals surface area contributed by atoms with Gasteiger partial charge in [-0.15, -0.1) is 0 Å². The Morgan fingerprint density at radius 2 is 1.92 bits per heavy atom. The van der Waals surface area contributed by atoms with Crippen LogP contribution >= 0.6 is 0 Å². The molecular weight excluding hydrogens is 324 g/mol. The van der Waals surface area contributed by atoms with E-state index in [0.717, 1.165) is 24.2 Å². The molecular formula is C22H20N2O2. The van der Waals surface area contributed by atoms with Crippen LogP contribution in [0.2, 0.25) is 0 Å². The van der Waals surface area contributed by atoms with Gasteiger partial charge < -0.3 is 4.74 Å². The second kappa shape index (κ2) is 7.79. The molecule has 4 nitrogen and oxygen atoms in total. The third kappa shape index (κ3) is 3.57. The van der Waals surface area contributed by atoms with Gasteiger partial charge >= 0.3 is 0 Å². The van der Waals surface area contributed by atoms with Crippen LogP contribution in [0.25, 0.3) is 5.57 Å². The highest BCUT2D eigenvalue weighted by atomic mass is 16.5. The summed E-state index contributed by atoms with van der Waals surface area (Å²) in [5.74, 6) is -0.0822. The van der Waals surface area contributed by atoms with E-state index < -0.39 is 5.92 Å². The van der Waals surface area contributed by atoms with Crippen molar-refractivity contribution < 1.29 is 9.53 Å². The molecule has 0 bridgehead atoms. The molecule has 1 aliphatic carbocycles. The molecule has 0 saturated heterocycles. The van der Waals surface area contributed by atoms with Crippen molar-refractivity contribution in [1.29, 1.82) is 5.26 Å². The molecule has 4 heteroatoms. The van der Waals surface area contributed by atoms with Gasteiger partial charge in [0.15, 0.2) is 5.78 Å². The van der Waals surface area contributed by atoms with Gasteiger partial charge in [-0.05, 0) is 60.7 Å². The fourth-order valence-corrected chi connectivity index (χ4v) is 3.11. The van der Waals surface area contributed by atoms with Crippen LogP contribution in [0.4, 0.5) is 0 Å². The summed E-state index contributed by atoms with van der Waals surface area (Å²) in [4.78, 5) is 17.0. The average molecular weight is 344 g/mol. The van der Waals surface area contributed by atoms with Crippen LogP contribution in [0.3, 0.4) is 0 Å². The van der Waals surface area contributed by atoms with E-state index in [9.17, 15) is 10.1 Å². The largest absolute Gasteiger partial charge is 0.497 e. The number of methoxy groups -OCH3 is 1. The maximum Gasteiger partial charge on any atom is 0.180 e. The van der Waals surface area contributed by atoms with Gasteiger partial charge in [0.25, 0.3) is 0 Å². The summed E-state index contributed by atoms with van der Waals surface area (Å²) < 4.78 is 5.18. The third-order valence-corrected chi connectivity index (χ3v) is 4.69. The van der Waals surface area contributed by atoms with E-state index in [1.54, 1.807) is 13.3 Å². The first-order chi connectivity index (χ1) is 12.6. The van der Waals surface area contributed by atoms with E-state index in [-0.39, 0.29) is 5.78 Å². The monoisotopic (exact) mass is 344 g/mol. The molecule has 1 unspecified atom stereocenters. The molecule has 0 saturated carbocycles. The van der Waals surface area contributed by atoms with Crippen molar-refractivity contribution in [2.45, 2.75) is 19.8 Å². The molecule has 0 N–H and O–H groups in total. The zero-order valence-electron chi connectivity index (χ0n) is 14.9. The second-order valence-corrected chi connectivity index (χ2v) is 6.24. The lowest BCUT2D eigenvalue weighted by molar-refractivity contribution is -0.116. The Balaban J connectivity index is 1.87. The zero-order valence-corrected chi connectivity index (χ0v) is 14.9. The van der Waals surface area contributed by atoms with Crippen molar-refractivity contribution in [3.05, 3.63) is 77.1 Å². The van der Waals surface area contributed by atoms with Gasteiger partial charge in [-0.2, -0.15) is 5.26 Å². The summed E-state index contributed by atoms with van der Waals surface area (Å²) >= 11 is 0. The lowest BCUT2D eigenvalue weighted by Crippen LogP contribution is -2.21. The van der Waals surface area contributed by atoms with Gasteiger partial charge in [-0.3, -0.25) is 9.78 Å². The highest BCUT2D eigenvalue weighted by Crippen LogP contribution is 2.33. The molecule has 1 aliphatic rings. The SMILES string of the molecule is COc1ccc(CCC2=C(C)C(=O)C(C#N)C(c3ccccn3)=C2)cc1. The van der Waals surface area contributed by atoms with Crippen LogP contribution in [0, 0.1) is 17.2 Å². The van der Waals surface area contributed by atoms with Crippen molar-refractivity contribution in [2.75, 3.05) is 7.11 Å². The predicted octanol–water partition coefficient (Wildman–Crippen LogP) is 4.15. The number of nitriles is 1. The van der Waals surface area contributed by atoms with Crippen LogP contribution < -0.4 is 4.74 Å². The lowest BCUT2D eigenvalue weighted by atomic mass is 9.80. The number of hydrogen-bond donors (Lipinski definition) is 0. The average Bonchev–Trinajstić information content (AvgIpc) is 2.70. The quantitative estimate of drug-likeness (QED) is 0.817. The van der Waals surface area contributed by atoms with E-state index in [0.29, 0.717) is 16.8 Å². The predicted molar refractivity (Wildman–Crippen MR) is 100 cm³/mol. The number of carbonyl (C=O) groups excluding carboxylic acids is 1. The van der Waals surface area contributed by atoms with Crippen LogP contribution in [0.1, 0.15) is 24.6 Å². The molecule has 0 radical (unpaired) electrons. The summed E-state index contributed by atoms with van der Waals surface area (Å²) in [6.07, 6.45) is 5.19. The number of benzene rings is 1. The molecule has 1 aromatic heterocycles. The number of ketones is 1. The van der Waals surface area contributed by atoms with Crippen molar-refractivity contribution in [2.24, 2.45) is 5.92 Å². The van der Waals surface area contributed by atoms with Crippen LogP contribution in [-0.2, 0) is 11.2 Å². The normalized spacial score (nSPS) is 16.9. The zero-order chi connectivity index (χ0) is 18.5. The Bertz CT molecular complexity index is 903. The summed E-state index contributed by atoms with van der Waals surface area (Å²) in [5, 5.41) is 9.48. The van der Waals surface area contributed by atoms with Crippen molar-refractivity contribution in [3.63, 3.8) is 0 Å². The number of aryl methyl sites for hydroxylation is 1. The second-order valence-electron chi connectivity index (χ2n) is 6.24. The number of carbonyl (C=O) groups is 1. The summed E-state index contributed by atoms with van der Waals surface area (Å²) in [6.45, 7) is 1.81. The Morgan fingerprint density at radius 3 is 2.54 bits per heavy atom. The molecule has 3 rings (SSSR count). The first-order valence-electron chi connectivity index (χ1n) is 8.53. The van der Waals surface area contributed by atoms with E-state index in [1.165, 1.54) is 5.56 Å². The molecule has 0 fully saturated rings. The molecule has 26 heavy (non-hydrogen) atoms. The Labute approximate surface area is 153 Å². The van der Waals surface area contributed by atoms with E-state index in [2.05, 4.69) is 11.1 Å². The number of rotatable bonds is 5. The summed E-state index contributed by atoms with van der Waals surface area (Å²) in [6, 6.07) is 15.6. The number of nitrogens with zero attached hydrogens (tertiary/aromatic N) is 2. The number of pyridine rings is 1. The van der Waals surface area contributed by atoms with Gasteiger partial charge in [0.1, 0.15) is 11.7 Å². The van der Waals surface area contributed by atoms with Crippen LogP contribution in [0.5, 0.6) is 5.75 Å². The number of hydrogen-bond acceptors (Lipinski definition) is 4. The first kappa shape index (κ1) is 17.6. The van der Waals surface area contributed by atoms with Crippen molar-refractivity contribution in [1.82, 2.24) is 4.98 Å². The van der Waals surface area contributed by atoms with Gasteiger partial charge in [-0.1, -0.05) is 24.3 Å². The van der Waals surface area contributed by atoms with Crippen molar-refractivity contribution in [3.8, 4) is 11.8 Å². The molecule has 1 heterocycles. The van der Waals surface area contributed by atoms with Crippen molar-refractivity contribution >= 4 is 11.4 Å². The molecule has 0 amide bonds. The van der Waals surface area contributed by atoms with E-state index in [1.807, 2.05) is 55.5 Å². The third-order valence-electron chi connectivity index (χ3n) is 4.69. The summed E-state index contributed by atoms with van der Waals surface area (Å²) in [5.41, 5.74) is 4.19. The van der Waals surface area contributed by atoms with E-state index in [4.69, 9.17) is 4.74 Å². The van der Waals surface area contributed by atoms with Gasteiger partial charge in [0.2, 0.25) is 0 Å². The minimum absolute atomic E-state index is 0.125. The topological polar surface area (TPSA) is 63.0 Å². The minimum atomic E-state index is -0.783. The standard InChI is InChI=1S/C22H20N2O2/c1-15-17(9-6-16-7-10-18(26-2)11-8-16)13-19(20(14-23)22(15)25)21-5-3-4-12-24-21/h3-5,7-8,10-13,20H,6,9H2,1-2H3. The number of aromatic nitrogens is 1. The Morgan fingerprint density at radius 1 is 1.15 bits per heavy atom. The fourth-order valence-electron chi connectivity index (χ4n) is 3.11.